The summed E-state index contributed by atoms with van der Waals surface area (Å²) in [4.78, 5) is 12.1. The van der Waals surface area contributed by atoms with Gasteiger partial charge in [0.25, 0.3) is 0 Å². The van der Waals surface area contributed by atoms with Gasteiger partial charge >= 0.3 is 0 Å². The van der Waals surface area contributed by atoms with Crippen molar-refractivity contribution < 1.29 is 4.74 Å². The Morgan fingerprint density at radius 1 is 1.40 bits per heavy atom. The Bertz CT molecular complexity index is 802. The van der Waals surface area contributed by atoms with Gasteiger partial charge in [0.2, 0.25) is 5.88 Å². The summed E-state index contributed by atoms with van der Waals surface area (Å²) in [6, 6.07) is 3.75. The Morgan fingerprint density at radius 2 is 2.25 bits per heavy atom. The SMILES string of the molecule is COc1ccc2[nH]c(=S)n(CCc3nc(C)cs3)c2n1. The first kappa shape index (κ1) is 13.3. The van der Waals surface area contributed by atoms with Crippen molar-refractivity contribution in [3.05, 3.63) is 33.0 Å². The summed E-state index contributed by atoms with van der Waals surface area (Å²) in [5, 5.41) is 3.17. The molecule has 0 radical (unpaired) electrons. The van der Waals surface area contributed by atoms with Crippen LogP contribution in [0.1, 0.15) is 10.7 Å². The van der Waals surface area contributed by atoms with Gasteiger partial charge in [0.15, 0.2) is 10.4 Å². The highest BCUT2D eigenvalue weighted by molar-refractivity contribution is 7.71. The summed E-state index contributed by atoms with van der Waals surface area (Å²) < 4.78 is 7.84. The second-order valence-electron chi connectivity index (χ2n) is 4.44. The number of methoxy groups -OCH3 is 1. The zero-order valence-corrected chi connectivity index (χ0v) is 12.8. The number of rotatable bonds is 4. The predicted molar refractivity (Wildman–Crippen MR) is 82.0 cm³/mol. The Labute approximate surface area is 125 Å². The largest absolute Gasteiger partial charge is 0.481 e. The highest BCUT2D eigenvalue weighted by Crippen LogP contribution is 2.17. The zero-order valence-electron chi connectivity index (χ0n) is 11.2. The number of pyridine rings is 1. The van der Waals surface area contributed by atoms with Crippen LogP contribution in [0.4, 0.5) is 0 Å². The molecule has 0 aromatic carbocycles. The third kappa shape index (κ3) is 2.46. The number of fused-ring (bicyclic) bond motifs is 1. The van der Waals surface area contributed by atoms with Crippen molar-refractivity contribution in [2.75, 3.05) is 7.11 Å². The number of thiazole rings is 1. The molecule has 0 aliphatic rings. The molecule has 0 fully saturated rings. The van der Waals surface area contributed by atoms with Gasteiger partial charge in [-0.3, -0.25) is 0 Å². The summed E-state index contributed by atoms with van der Waals surface area (Å²) in [7, 11) is 1.61. The van der Waals surface area contributed by atoms with Crippen LogP contribution in [0, 0.1) is 11.7 Å². The molecule has 0 unspecified atom stereocenters. The topological polar surface area (TPSA) is 55.7 Å². The van der Waals surface area contributed by atoms with E-state index < -0.39 is 0 Å². The summed E-state index contributed by atoms with van der Waals surface area (Å²) in [6.45, 7) is 2.76. The summed E-state index contributed by atoms with van der Waals surface area (Å²) in [5.74, 6) is 0.588. The molecule has 0 bridgehead atoms. The number of nitrogens with zero attached hydrogens (tertiary/aromatic N) is 3. The molecule has 3 aromatic heterocycles. The first-order valence-corrected chi connectivity index (χ1v) is 7.51. The summed E-state index contributed by atoms with van der Waals surface area (Å²) in [6.07, 6.45) is 0.846. The van der Waals surface area contributed by atoms with Crippen molar-refractivity contribution in [3.8, 4) is 5.88 Å². The van der Waals surface area contributed by atoms with E-state index in [-0.39, 0.29) is 0 Å². The lowest BCUT2D eigenvalue weighted by molar-refractivity contribution is 0.399. The van der Waals surface area contributed by atoms with Crippen LogP contribution in [0.15, 0.2) is 17.5 Å². The molecule has 3 heterocycles. The molecule has 0 aliphatic carbocycles. The van der Waals surface area contributed by atoms with E-state index in [1.807, 2.05) is 23.6 Å². The average Bonchev–Trinajstić information content (AvgIpc) is 2.98. The fourth-order valence-corrected chi connectivity index (χ4v) is 3.11. The van der Waals surface area contributed by atoms with Crippen LogP contribution in [-0.4, -0.2) is 26.6 Å². The molecule has 3 aromatic rings. The minimum atomic E-state index is 0.588. The number of hydrogen-bond donors (Lipinski definition) is 1. The number of imidazole rings is 1. The molecule has 5 nitrogen and oxygen atoms in total. The van der Waals surface area contributed by atoms with Crippen LogP contribution in [0.3, 0.4) is 0 Å². The summed E-state index contributed by atoms with van der Waals surface area (Å²) >= 11 is 7.04. The number of aromatic nitrogens is 4. The Morgan fingerprint density at radius 3 is 2.95 bits per heavy atom. The molecule has 0 saturated heterocycles. The molecule has 1 N–H and O–H groups in total. The zero-order chi connectivity index (χ0) is 14.1. The summed E-state index contributed by atoms with van der Waals surface area (Å²) in [5.41, 5.74) is 2.81. The molecule has 0 amide bonds. The lowest BCUT2D eigenvalue weighted by Crippen LogP contribution is -2.02. The highest BCUT2D eigenvalue weighted by Gasteiger charge is 2.08. The van der Waals surface area contributed by atoms with Crippen molar-refractivity contribution in [2.45, 2.75) is 19.9 Å². The number of hydrogen-bond acceptors (Lipinski definition) is 5. The van der Waals surface area contributed by atoms with Crippen LogP contribution in [0.2, 0.25) is 0 Å². The minimum absolute atomic E-state index is 0.588. The van der Waals surface area contributed by atoms with Gasteiger partial charge in [0.1, 0.15) is 0 Å². The lowest BCUT2D eigenvalue weighted by atomic mass is 10.4. The lowest BCUT2D eigenvalue weighted by Gasteiger charge is -2.03. The van der Waals surface area contributed by atoms with E-state index in [1.165, 1.54) is 0 Å². The second-order valence-corrected chi connectivity index (χ2v) is 5.77. The van der Waals surface area contributed by atoms with Gasteiger partial charge in [-0.05, 0) is 25.2 Å². The average molecular weight is 306 g/mol. The molecule has 7 heteroatoms. The van der Waals surface area contributed by atoms with Crippen LogP contribution in [0.5, 0.6) is 5.88 Å². The molecule has 3 rings (SSSR count). The number of aryl methyl sites for hydroxylation is 3. The first-order chi connectivity index (χ1) is 9.67. The van der Waals surface area contributed by atoms with E-state index in [2.05, 4.69) is 20.3 Å². The van der Waals surface area contributed by atoms with Gasteiger partial charge in [0, 0.05) is 30.1 Å². The normalized spacial score (nSPS) is 11.1. The highest BCUT2D eigenvalue weighted by atomic mass is 32.1. The van der Waals surface area contributed by atoms with E-state index in [1.54, 1.807) is 18.4 Å². The molecule has 0 aliphatic heterocycles. The van der Waals surface area contributed by atoms with Crippen molar-refractivity contribution in [1.82, 2.24) is 19.5 Å². The quantitative estimate of drug-likeness (QED) is 0.753. The van der Waals surface area contributed by atoms with Gasteiger partial charge in [-0.25, -0.2) is 4.98 Å². The van der Waals surface area contributed by atoms with E-state index in [0.717, 1.165) is 34.8 Å². The third-order valence-corrected chi connectivity index (χ3v) is 4.37. The molecular formula is C13H14N4OS2. The fraction of sp³-hybridized carbons (Fsp3) is 0.308. The Balaban J connectivity index is 1.93. The second kappa shape index (κ2) is 5.34. The number of H-pyrrole nitrogens is 1. The van der Waals surface area contributed by atoms with Crippen LogP contribution < -0.4 is 4.74 Å². The van der Waals surface area contributed by atoms with E-state index >= 15 is 0 Å². The molecule has 0 atom stereocenters. The van der Waals surface area contributed by atoms with Crippen molar-refractivity contribution in [1.29, 1.82) is 0 Å². The Kier molecular flexibility index (Phi) is 3.54. The molecular weight excluding hydrogens is 292 g/mol. The molecule has 0 spiro atoms. The third-order valence-electron chi connectivity index (χ3n) is 3.02. The van der Waals surface area contributed by atoms with Gasteiger partial charge in [-0.15, -0.1) is 11.3 Å². The van der Waals surface area contributed by atoms with Crippen LogP contribution in [-0.2, 0) is 13.0 Å². The van der Waals surface area contributed by atoms with Crippen molar-refractivity contribution in [3.63, 3.8) is 0 Å². The van der Waals surface area contributed by atoms with Gasteiger partial charge < -0.3 is 14.3 Å². The number of ether oxygens (including phenoxy) is 1. The monoisotopic (exact) mass is 306 g/mol. The van der Waals surface area contributed by atoms with Gasteiger partial charge in [-0.1, -0.05) is 0 Å². The van der Waals surface area contributed by atoms with Crippen molar-refractivity contribution >= 4 is 34.7 Å². The molecule has 0 saturated carbocycles. The first-order valence-electron chi connectivity index (χ1n) is 6.22. The number of nitrogens with one attached hydrogen (secondary N) is 1. The minimum Gasteiger partial charge on any atom is -0.481 e. The fourth-order valence-electron chi connectivity index (χ4n) is 2.06. The van der Waals surface area contributed by atoms with Crippen LogP contribution >= 0.6 is 23.6 Å². The van der Waals surface area contributed by atoms with E-state index in [0.29, 0.717) is 10.7 Å². The Hall–Kier alpha value is -1.73. The van der Waals surface area contributed by atoms with Gasteiger partial charge in [0.05, 0.1) is 17.6 Å². The number of aromatic amines is 1. The molecule has 104 valence electrons. The molecule has 20 heavy (non-hydrogen) atoms. The maximum absolute atomic E-state index is 5.36. The predicted octanol–water partition coefficient (Wildman–Crippen LogP) is 3.11. The van der Waals surface area contributed by atoms with E-state index in [9.17, 15) is 0 Å². The smallest absolute Gasteiger partial charge is 0.215 e. The maximum atomic E-state index is 5.36. The van der Waals surface area contributed by atoms with Crippen molar-refractivity contribution in [2.24, 2.45) is 0 Å². The standard InChI is InChI=1S/C13H14N4OS2/c1-8-7-20-11(14-8)5-6-17-12-9(15-13(17)19)3-4-10(16-12)18-2/h3-4,7H,5-6H2,1-2H3,(H,15,19). The van der Waals surface area contributed by atoms with Gasteiger partial charge in [-0.2, -0.15) is 4.98 Å². The maximum Gasteiger partial charge on any atom is 0.215 e. The van der Waals surface area contributed by atoms with Crippen LogP contribution in [0.25, 0.3) is 11.2 Å². The van der Waals surface area contributed by atoms with E-state index in [4.69, 9.17) is 17.0 Å².